The predicted octanol–water partition coefficient (Wildman–Crippen LogP) is 5.27. The summed E-state index contributed by atoms with van der Waals surface area (Å²) < 4.78 is 5.05. The third-order valence-corrected chi connectivity index (χ3v) is 4.15. The van der Waals surface area contributed by atoms with Crippen molar-refractivity contribution in [1.82, 2.24) is 0 Å². The molecule has 0 saturated heterocycles. The van der Waals surface area contributed by atoms with Gasteiger partial charge in [-0.2, -0.15) is 0 Å². The molecule has 0 saturated carbocycles. The number of hydrogen-bond donors (Lipinski definition) is 1. The first-order valence-electron chi connectivity index (χ1n) is 10.2. The summed E-state index contributed by atoms with van der Waals surface area (Å²) in [5.74, 6) is -0.107. The zero-order valence-corrected chi connectivity index (χ0v) is 16.2. The van der Waals surface area contributed by atoms with Crippen LogP contribution in [0.3, 0.4) is 0 Å². The monoisotopic (exact) mass is 363 g/mol. The molecule has 0 bridgehead atoms. The molecular weight excluding hydrogens is 321 g/mol. The molecule has 25 heavy (non-hydrogen) atoms. The third kappa shape index (κ3) is 24.2. The molecule has 0 aromatic rings. The van der Waals surface area contributed by atoms with Crippen molar-refractivity contribution in [3.8, 4) is 0 Å². The van der Waals surface area contributed by atoms with Crippen LogP contribution in [0.25, 0.3) is 0 Å². The van der Waals surface area contributed by atoms with E-state index in [1.54, 1.807) is 0 Å². The molecule has 3 nitrogen and oxygen atoms in total. The first-order chi connectivity index (χ1) is 11.7. The van der Waals surface area contributed by atoms with Crippen molar-refractivity contribution in [3.05, 3.63) is 12.2 Å². The van der Waals surface area contributed by atoms with E-state index in [0.29, 0.717) is 13.0 Å². The molecule has 144 valence electrons. The van der Waals surface area contributed by atoms with Crippen LogP contribution in [-0.4, -0.2) is 48.2 Å². The zero-order valence-electron chi connectivity index (χ0n) is 16.2. The molecule has 0 radical (unpaired) electrons. The van der Waals surface area contributed by atoms with Crippen molar-refractivity contribution in [2.45, 2.75) is 110 Å². The van der Waals surface area contributed by atoms with Crippen molar-refractivity contribution in [1.29, 1.82) is 0 Å². The Labute approximate surface area is 178 Å². The fraction of sp³-hybridized carbons (Fsp3) is 0.857. The van der Waals surface area contributed by atoms with Crippen LogP contribution in [-0.2, 0) is 9.53 Å². The number of ether oxygens (including phenoxy) is 1. The van der Waals surface area contributed by atoms with Crippen LogP contribution in [0, 0.1) is 0 Å². The minimum absolute atomic E-state index is 0. The molecule has 0 aliphatic heterocycles. The van der Waals surface area contributed by atoms with E-state index in [-0.39, 0.29) is 41.6 Å². The van der Waals surface area contributed by atoms with Crippen molar-refractivity contribution in [3.63, 3.8) is 0 Å². The summed E-state index contributed by atoms with van der Waals surface area (Å²) in [5, 5.41) is 0. The SMILES string of the molecule is CCCCCCCC/C=C\CCCCCCCC(=O)OCC(C)N.[NaH]. The second-order valence-electron chi connectivity index (χ2n) is 6.99. The van der Waals surface area contributed by atoms with Crippen molar-refractivity contribution >= 4 is 35.5 Å². The van der Waals surface area contributed by atoms with Gasteiger partial charge in [0.2, 0.25) is 0 Å². The number of nitrogens with two attached hydrogens (primary N) is 1. The van der Waals surface area contributed by atoms with Gasteiger partial charge in [-0.15, -0.1) is 0 Å². The summed E-state index contributed by atoms with van der Waals surface area (Å²) in [6.45, 7) is 4.44. The molecule has 0 heterocycles. The van der Waals surface area contributed by atoms with E-state index in [1.165, 1.54) is 70.6 Å². The first kappa shape index (κ1) is 27.4. The topological polar surface area (TPSA) is 52.3 Å². The summed E-state index contributed by atoms with van der Waals surface area (Å²) in [6, 6.07) is -0.0666. The summed E-state index contributed by atoms with van der Waals surface area (Å²) >= 11 is 0. The third-order valence-electron chi connectivity index (χ3n) is 4.15. The molecule has 0 fully saturated rings. The fourth-order valence-corrected chi connectivity index (χ4v) is 2.64. The van der Waals surface area contributed by atoms with Crippen LogP contribution in [0.15, 0.2) is 12.2 Å². The summed E-state index contributed by atoms with van der Waals surface area (Å²) in [6.07, 6.45) is 21.7. The van der Waals surface area contributed by atoms with Gasteiger partial charge in [0, 0.05) is 12.5 Å². The second-order valence-corrected chi connectivity index (χ2v) is 6.99. The molecule has 0 amide bonds. The van der Waals surface area contributed by atoms with Gasteiger partial charge in [-0.25, -0.2) is 0 Å². The molecule has 0 aromatic carbocycles. The predicted molar refractivity (Wildman–Crippen MR) is 111 cm³/mol. The Morgan fingerprint density at radius 3 is 1.88 bits per heavy atom. The number of carbonyl (C=O) groups excluding carboxylic acids is 1. The number of carbonyl (C=O) groups is 1. The van der Waals surface area contributed by atoms with E-state index >= 15 is 0 Å². The molecule has 1 atom stereocenters. The Balaban J connectivity index is 0. The van der Waals surface area contributed by atoms with Crippen LogP contribution in [0.2, 0.25) is 0 Å². The molecule has 1 unspecified atom stereocenters. The maximum absolute atomic E-state index is 11.4. The molecule has 4 heteroatoms. The normalized spacial score (nSPS) is 12.1. The van der Waals surface area contributed by atoms with Gasteiger partial charge < -0.3 is 10.5 Å². The Hall–Kier alpha value is 0.170. The summed E-state index contributed by atoms with van der Waals surface area (Å²) in [5.41, 5.74) is 5.54. The summed E-state index contributed by atoms with van der Waals surface area (Å²) in [7, 11) is 0. The van der Waals surface area contributed by atoms with E-state index in [9.17, 15) is 4.79 Å². The van der Waals surface area contributed by atoms with Gasteiger partial charge in [-0.3, -0.25) is 4.79 Å². The van der Waals surface area contributed by atoms with E-state index < -0.39 is 0 Å². The number of rotatable bonds is 17. The van der Waals surface area contributed by atoms with Gasteiger partial charge in [0.25, 0.3) is 0 Å². The van der Waals surface area contributed by atoms with Crippen molar-refractivity contribution in [2.24, 2.45) is 5.73 Å². The van der Waals surface area contributed by atoms with Crippen LogP contribution in [0.1, 0.15) is 104 Å². The Morgan fingerprint density at radius 2 is 1.36 bits per heavy atom. The average Bonchev–Trinajstić information content (AvgIpc) is 2.56. The quantitative estimate of drug-likeness (QED) is 0.166. The van der Waals surface area contributed by atoms with Gasteiger partial charge in [-0.1, -0.05) is 70.4 Å². The van der Waals surface area contributed by atoms with Crippen LogP contribution in [0.5, 0.6) is 0 Å². The molecule has 0 aromatic heterocycles. The van der Waals surface area contributed by atoms with Gasteiger partial charge in [-0.05, 0) is 39.0 Å². The van der Waals surface area contributed by atoms with Crippen LogP contribution >= 0.6 is 0 Å². The van der Waals surface area contributed by atoms with Crippen molar-refractivity contribution < 1.29 is 9.53 Å². The standard InChI is InChI=1S/C21H41NO2.Na.H/c1-3-4-5-6-7-8-9-10-11-12-13-14-15-16-17-18-21(23)24-19-20(2)22;;/h10-11,20H,3-9,12-19,22H2,1-2H3;;/b11-10-;;. The molecule has 0 aliphatic carbocycles. The molecular formula is C21H42NNaO2. The van der Waals surface area contributed by atoms with Gasteiger partial charge in [0.1, 0.15) is 6.61 Å². The summed E-state index contributed by atoms with van der Waals surface area (Å²) in [4.78, 5) is 11.4. The Kier molecular flexibility index (Phi) is 24.3. The van der Waals surface area contributed by atoms with E-state index in [2.05, 4.69) is 19.1 Å². The first-order valence-corrected chi connectivity index (χ1v) is 10.2. The van der Waals surface area contributed by atoms with E-state index in [4.69, 9.17) is 10.5 Å². The van der Waals surface area contributed by atoms with E-state index in [1.807, 2.05) is 6.92 Å². The number of unbranched alkanes of at least 4 members (excludes halogenated alkanes) is 11. The Morgan fingerprint density at radius 1 is 0.880 bits per heavy atom. The van der Waals surface area contributed by atoms with Gasteiger partial charge in [0.05, 0.1) is 0 Å². The van der Waals surface area contributed by atoms with Crippen LogP contribution in [0.4, 0.5) is 0 Å². The minimum atomic E-state index is -0.107. The van der Waals surface area contributed by atoms with Gasteiger partial charge in [0.15, 0.2) is 0 Å². The molecule has 0 aliphatic rings. The Bertz CT molecular complexity index is 306. The zero-order chi connectivity index (χ0) is 17.9. The number of hydrogen-bond acceptors (Lipinski definition) is 3. The number of allylic oxidation sites excluding steroid dienone is 2. The molecule has 0 spiro atoms. The second kappa shape index (κ2) is 22.2. The maximum atomic E-state index is 11.4. The van der Waals surface area contributed by atoms with Crippen LogP contribution < -0.4 is 5.73 Å². The van der Waals surface area contributed by atoms with E-state index in [0.717, 1.165) is 12.8 Å². The average molecular weight is 364 g/mol. The molecule has 0 rings (SSSR count). The number of esters is 1. The fourth-order valence-electron chi connectivity index (χ4n) is 2.64. The van der Waals surface area contributed by atoms with Crippen molar-refractivity contribution in [2.75, 3.05) is 6.61 Å². The van der Waals surface area contributed by atoms with Gasteiger partial charge >= 0.3 is 35.5 Å². The molecule has 2 N–H and O–H groups in total.